The molecule has 5 heteroatoms. The lowest BCUT2D eigenvalue weighted by atomic mass is 10.1. The van der Waals surface area contributed by atoms with E-state index in [1.165, 1.54) is 0 Å². The standard InChI is InChI=1S/C16H21Cl2NO2/c1-11(20)9-13-3-2-8-19(13)16(21)7-5-12-4-6-14(17)15(18)10-12/h4,6,10-11,13,20H,2-3,5,7-9H2,1H3. The summed E-state index contributed by atoms with van der Waals surface area (Å²) < 4.78 is 0. The number of amides is 1. The van der Waals surface area contributed by atoms with Crippen LogP contribution >= 0.6 is 23.2 Å². The Bertz CT molecular complexity index is 505. The number of benzene rings is 1. The molecule has 1 aromatic rings. The minimum Gasteiger partial charge on any atom is -0.393 e. The summed E-state index contributed by atoms with van der Waals surface area (Å²) in [4.78, 5) is 14.3. The molecular weight excluding hydrogens is 309 g/mol. The van der Waals surface area contributed by atoms with Gasteiger partial charge >= 0.3 is 0 Å². The summed E-state index contributed by atoms with van der Waals surface area (Å²) in [6.45, 7) is 2.58. The van der Waals surface area contributed by atoms with E-state index in [4.69, 9.17) is 23.2 Å². The number of halogens is 2. The fraction of sp³-hybridized carbons (Fsp3) is 0.562. The van der Waals surface area contributed by atoms with Crippen molar-refractivity contribution in [3.63, 3.8) is 0 Å². The Morgan fingerprint density at radius 3 is 2.86 bits per heavy atom. The fourth-order valence-electron chi connectivity index (χ4n) is 2.89. The highest BCUT2D eigenvalue weighted by molar-refractivity contribution is 6.42. The van der Waals surface area contributed by atoms with E-state index in [-0.39, 0.29) is 18.1 Å². The molecule has 116 valence electrons. The molecule has 1 aliphatic rings. The molecule has 21 heavy (non-hydrogen) atoms. The van der Waals surface area contributed by atoms with Crippen molar-refractivity contribution in [2.24, 2.45) is 0 Å². The second-order valence-electron chi connectivity index (χ2n) is 5.72. The predicted molar refractivity (Wildman–Crippen MR) is 85.8 cm³/mol. The van der Waals surface area contributed by atoms with Crippen LogP contribution in [-0.2, 0) is 11.2 Å². The summed E-state index contributed by atoms with van der Waals surface area (Å²) in [7, 11) is 0. The number of carbonyl (C=O) groups excluding carboxylic acids is 1. The molecule has 0 saturated carbocycles. The summed E-state index contributed by atoms with van der Waals surface area (Å²) in [6.07, 6.45) is 3.44. The average Bonchev–Trinajstić information content (AvgIpc) is 2.87. The maximum absolute atomic E-state index is 12.3. The number of carbonyl (C=O) groups is 1. The highest BCUT2D eigenvalue weighted by Gasteiger charge is 2.28. The average molecular weight is 330 g/mol. The molecule has 0 aromatic heterocycles. The van der Waals surface area contributed by atoms with Crippen molar-refractivity contribution < 1.29 is 9.90 Å². The van der Waals surface area contributed by atoms with Crippen molar-refractivity contribution in [3.8, 4) is 0 Å². The van der Waals surface area contributed by atoms with Gasteiger partial charge in [0.1, 0.15) is 0 Å². The third-order valence-corrected chi connectivity index (χ3v) is 4.66. The fourth-order valence-corrected chi connectivity index (χ4v) is 3.21. The molecule has 0 spiro atoms. The number of hydrogen-bond donors (Lipinski definition) is 1. The molecule has 0 bridgehead atoms. The summed E-state index contributed by atoms with van der Waals surface area (Å²) >= 11 is 11.9. The zero-order valence-electron chi connectivity index (χ0n) is 12.2. The predicted octanol–water partition coefficient (Wildman–Crippen LogP) is 3.69. The molecule has 0 aliphatic carbocycles. The molecule has 0 radical (unpaired) electrons. The monoisotopic (exact) mass is 329 g/mol. The quantitative estimate of drug-likeness (QED) is 0.894. The summed E-state index contributed by atoms with van der Waals surface area (Å²) in [5, 5.41) is 10.6. The van der Waals surface area contributed by atoms with Crippen LogP contribution in [0.25, 0.3) is 0 Å². The van der Waals surface area contributed by atoms with Crippen LogP contribution in [0.5, 0.6) is 0 Å². The van der Waals surface area contributed by atoms with Crippen LogP contribution in [-0.4, -0.2) is 34.6 Å². The Kier molecular flexibility index (Phi) is 5.91. The number of likely N-dealkylation sites (tertiary alicyclic amines) is 1. The summed E-state index contributed by atoms with van der Waals surface area (Å²) in [5.74, 6) is 0.157. The second kappa shape index (κ2) is 7.48. The van der Waals surface area contributed by atoms with E-state index in [0.717, 1.165) is 24.9 Å². The molecule has 1 amide bonds. The lowest BCUT2D eigenvalue weighted by molar-refractivity contribution is -0.132. The lowest BCUT2D eigenvalue weighted by Crippen LogP contribution is -2.37. The van der Waals surface area contributed by atoms with Gasteiger partial charge in [-0.1, -0.05) is 29.3 Å². The van der Waals surface area contributed by atoms with Gasteiger partial charge in [0, 0.05) is 19.0 Å². The number of aliphatic hydroxyl groups excluding tert-OH is 1. The zero-order chi connectivity index (χ0) is 15.4. The molecular formula is C16H21Cl2NO2. The van der Waals surface area contributed by atoms with Crippen LogP contribution in [0.2, 0.25) is 10.0 Å². The van der Waals surface area contributed by atoms with Gasteiger partial charge in [-0.15, -0.1) is 0 Å². The number of aliphatic hydroxyl groups is 1. The Labute approximate surface area is 135 Å². The van der Waals surface area contributed by atoms with Crippen LogP contribution in [0, 0.1) is 0 Å². The third-order valence-electron chi connectivity index (χ3n) is 3.92. The lowest BCUT2D eigenvalue weighted by Gasteiger charge is -2.25. The van der Waals surface area contributed by atoms with Crippen LogP contribution < -0.4 is 0 Å². The number of aryl methyl sites for hydroxylation is 1. The van der Waals surface area contributed by atoms with Crippen molar-refractivity contribution in [1.29, 1.82) is 0 Å². The summed E-state index contributed by atoms with van der Waals surface area (Å²) in [6, 6.07) is 5.66. The van der Waals surface area contributed by atoms with Crippen molar-refractivity contribution in [2.45, 2.75) is 51.2 Å². The van der Waals surface area contributed by atoms with E-state index >= 15 is 0 Å². The molecule has 1 saturated heterocycles. The topological polar surface area (TPSA) is 40.5 Å². The minimum absolute atomic E-state index is 0.157. The SMILES string of the molecule is CC(O)CC1CCCN1C(=O)CCc1ccc(Cl)c(Cl)c1. The van der Waals surface area contributed by atoms with Gasteiger partial charge in [0.05, 0.1) is 16.1 Å². The van der Waals surface area contributed by atoms with Crippen LogP contribution in [0.4, 0.5) is 0 Å². The van der Waals surface area contributed by atoms with Gasteiger partial charge < -0.3 is 10.0 Å². The van der Waals surface area contributed by atoms with E-state index in [1.807, 2.05) is 17.0 Å². The van der Waals surface area contributed by atoms with E-state index in [9.17, 15) is 9.90 Å². The number of hydrogen-bond acceptors (Lipinski definition) is 2. The first-order chi connectivity index (χ1) is 9.97. The molecule has 2 atom stereocenters. The van der Waals surface area contributed by atoms with Gasteiger partial charge in [-0.3, -0.25) is 4.79 Å². The molecule has 3 nitrogen and oxygen atoms in total. The Balaban J connectivity index is 1.90. The first-order valence-corrected chi connectivity index (χ1v) is 8.14. The molecule has 2 unspecified atom stereocenters. The minimum atomic E-state index is -0.363. The van der Waals surface area contributed by atoms with E-state index in [1.54, 1.807) is 13.0 Å². The first kappa shape index (κ1) is 16.6. The maximum Gasteiger partial charge on any atom is 0.223 e. The van der Waals surface area contributed by atoms with E-state index in [0.29, 0.717) is 29.3 Å². The molecule has 1 fully saturated rings. The highest BCUT2D eigenvalue weighted by Crippen LogP contribution is 2.25. The van der Waals surface area contributed by atoms with E-state index in [2.05, 4.69) is 0 Å². The Morgan fingerprint density at radius 1 is 1.43 bits per heavy atom. The molecule has 1 heterocycles. The van der Waals surface area contributed by atoms with Gasteiger partial charge in [0.15, 0.2) is 0 Å². The first-order valence-electron chi connectivity index (χ1n) is 7.39. The van der Waals surface area contributed by atoms with Gasteiger partial charge in [0.25, 0.3) is 0 Å². The van der Waals surface area contributed by atoms with Gasteiger partial charge in [-0.2, -0.15) is 0 Å². The van der Waals surface area contributed by atoms with Gasteiger partial charge in [0.2, 0.25) is 5.91 Å². The smallest absolute Gasteiger partial charge is 0.223 e. The second-order valence-corrected chi connectivity index (χ2v) is 6.53. The summed E-state index contributed by atoms with van der Waals surface area (Å²) in [5.41, 5.74) is 1.02. The number of nitrogens with zero attached hydrogens (tertiary/aromatic N) is 1. The van der Waals surface area contributed by atoms with Crippen molar-refractivity contribution >= 4 is 29.1 Å². The van der Waals surface area contributed by atoms with Gasteiger partial charge in [-0.25, -0.2) is 0 Å². The highest BCUT2D eigenvalue weighted by atomic mass is 35.5. The third kappa shape index (κ3) is 4.60. The van der Waals surface area contributed by atoms with Crippen LogP contribution in [0.3, 0.4) is 0 Å². The van der Waals surface area contributed by atoms with Crippen LogP contribution in [0.1, 0.15) is 38.2 Å². The molecule has 1 aromatic carbocycles. The molecule has 1 aliphatic heterocycles. The van der Waals surface area contributed by atoms with Crippen molar-refractivity contribution in [3.05, 3.63) is 33.8 Å². The molecule has 2 rings (SSSR count). The Hall–Kier alpha value is -0.770. The van der Waals surface area contributed by atoms with E-state index < -0.39 is 0 Å². The number of rotatable bonds is 5. The molecule has 1 N–H and O–H groups in total. The largest absolute Gasteiger partial charge is 0.393 e. The van der Waals surface area contributed by atoms with Gasteiger partial charge in [-0.05, 0) is 50.3 Å². The van der Waals surface area contributed by atoms with Crippen molar-refractivity contribution in [2.75, 3.05) is 6.54 Å². The Morgan fingerprint density at radius 2 is 2.19 bits per heavy atom. The van der Waals surface area contributed by atoms with Crippen LogP contribution in [0.15, 0.2) is 18.2 Å². The normalized spacial score (nSPS) is 19.8. The maximum atomic E-state index is 12.3. The zero-order valence-corrected chi connectivity index (χ0v) is 13.7. The van der Waals surface area contributed by atoms with Crippen molar-refractivity contribution in [1.82, 2.24) is 4.90 Å².